The molecule has 0 unspecified atom stereocenters. The third kappa shape index (κ3) is 5.36. The Balaban J connectivity index is 1.27. The Kier molecular flexibility index (Phi) is 6.70. The molecule has 1 aliphatic rings. The first-order valence-corrected chi connectivity index (χ1v) is 11.7. The third-order valence-corrected chi connectivity index (χ3v) is 6.07. The van der Waals surface area contributed by atoms with Gasteiger partial charge in [-0.15, -0.1) is 0 Å². The second kappa shape index (κ2) is 10.1. The zero-order valence-corrected chi connectivity index (χ0v) is 20.0. The third-order valence-electron chi connectivity index (χ3n) is 5.77. The maximum absolute atomic E-state index is 13.6. The lowest BCUT2D eigenvalue weighted by molar-refractivity contribution is -0.141. The average molecular weight is 529 g/mol. The Labute approximate surface area is 214 Å². The Morgan fingerprint density at radius 1 is 0.946 bits per heavy atom. The molecule has 37 heavy (non-hydrogen) atoms. The SMILES string of the molecule is O=C(Nc1ccc(N2CCN(c3ncccc3Cl)CC2)nc1)c1oc(-c2ccccc2)nc1C(F)(F)F. The first-order valence-electron chi connectivity index (χ1n) is 11.3. The second-order valence-corrected chi connectivity index (χ2v) is 8.61. The number of anilines is 3. The number of hydrogen-bond donors (Lipinski definition) is 1. The highest BCUT2D eigenvalue weighted by Gasteiger charge is 2.41. The quantitative estimate of drug-likeness (QED) is 0.372. The van der Waals surface area contributed by atoms with Gasteiger partial charge in [0, 0.05) is 37.9 Å². The summed E-state index contributed by atoms with van der Waals surface area (Å²) in [5.74, 6) is -0.877. The van der Waals surface area contributed by atoms with Crippen molar-refractivity contribution in [2.24, 2.45) is 0 Å². The number of nitrogens with one attached hydrogen (secondary N) is 1. The molecule has 0 radical (unpaired) electrons. The Bertz CT molecular complexity index is 1390. The van der Waals surface area contributed by atoms with Crippen LogP contribution in [0.1, 0.15) is 16.2 Å². The number of nitrogens with zero attached hydrogens (tertiary/aromatic N) is 5. The molecule has 4 heterocycles. The topological polar surface area (TPSA) is 87.4 Å². The molecule has 0 saturated carbocycles. The maximum atomic E-state index is 13.6. The Morgan fingerprint density at radius 3 is 2.32 bits per heavy atom. The molecule has 1 saturated heterocycles. The molecule has 0 aliphatic carbocycles. The van der Waals surface area contributed by atoms with Crippen molar-refractivity contribution in [2.45, 2.75) is 6.18 Å². The van der Waals surface area contributed by atoms with Crippen LogP contribution < -0.4 is 15.1 Å². The zero-order valence-electron chi connectivity index (χ0n) is 19.2. The van der Waals surface area contributed by atoms with Gasteiger partial charge in [0.25, 0.3) is 5.91 Å². The number of carbonyl (C=O) groups is 1. The van der Waals surface area contributed by atoms with Gasteiger partial charge in [-0.05, 0) is 36.4 Å². The van der Waals surface area contributed by atoms with Crippen molar-refractivity contribution in [1.82, 2.24) is 15.0 Å². The lowest BCUT2D eigenvalue weighted by Gasteiger charge is -2.36. The molecule has 1 aliphatic heterocycles. The van der Waals surface area contributed by atoms with Crippen LogP contribution >= 0.6 is 11.6 Å². The number of oxazole rings is 1. The maximum Gasteiger partial charge on any atom is 0.437 e. The van der Waals surface area contributed by atoms with Crippen molar-refractivity contribution in [3.8, 4) is 11.5 Å². The molecule has 8 nitrogen and oxygen atoms in total. The van der Waals surface area contributed by atoms with E-state index < -0.39 is 23.5 Å². The number of halogens is 4. The molecule has 1 aromatic carbocycles. The summed E-state index contributed by atoms with van der Waals surface area (Å²) in [6, 6.07) is 14.9. The van der Waals surface area contributed by atoms with Crippen LogP contribution in [0.25, 0.3) is 11.5 Å². The van der Waals surface area contributed by atoms with Gasteiger partial charge in [-0.2, -0.15) is 13.2 Å². The lowest BCUT2D eigenvalue weighted by Crippen LogP contribution is -2.47. The summed E-state index contributed by atoms with van der Waals surface area (Å²) in [7, 11) is 0. The number of hydrogen-bond acceptors (Lipinski definition) is 7. The molecule has 12 heteroatoms. The van der Waals surface area contributed by atoms with Crippen molar-refractivity contribution in [3.05, 3.63) is 83.5 Å². The minimum Gasteiger partial charge on any atom is -0.430 e. The molecule has 1 fully saturated rings. The summed E-state index contributed by atoms with van der Waals surface area (Å²) < 4.78 is 45.9. The summed E-state index contributed by atoms with van der Waals surface area (Å²) >= 11 is 6.24. The van der Waals surface area contributed by atoms with E-state index in [9.17, 15) is 18.0 Å². The van der Waals surface area contributed by atoms with Crippen LogP contribution in [0.4, 0.5) is 30.5 Å². The van der Waals surface area contributed by atoms with Gasteiger partial charge in [-0.3, -0.25) is 4.79 Å². The van der Waals surface area contributed by atoms with Gasteiger partial charge in [-0.1, -0.05) is 29.8 Å². The zero-order chi connectivity index (χ0) is 26.0. The van der Waals surface area contributed by atoms with Crippen molar-refractivity contribution in [1.29, 1.82) is 0 Å². The fourth-order valence-electron chi connectivity index (χ4n) is 3.96. The second-order valence-electron chi connectivity index (χ2n) is 8.20. The fourth-order valence-corrected chi connectivity index (χ4v) is 4.20. The summed E-state index contributed by atoms with van der Waals surface area (Å²) in [5, 5.41) is 3.00. The van der Waals surface area contributed by atoms with Gasteiger partial charge >= 0.3 is 6.18 Å². The molecule has 1 N–H and O–H groups in total. The number of pyridine rings is 2. The summed E-state index contributed by atoms with van der Waals surface area (Å²) in [4.78, 5) is 29.1. The Morgan fingerprint density at radius 2 is 1.68 bits per heavy atom. The minimum atomic E-state index is -4.87. The van der Waals surface area contributed by atoms with E-state index in [1.54, 1.807) is 60.8 Å². The predicted octanol–water partition coefficient (Wildman–Crippen LogP) is 5.38. The van der Waals surface area contributed by atoms with Crippen LogP contribution in [0.2, 0.25) is 5.02 Å². The number of rotatable bonds is 5. The monoisotopic (exact) mass is 528 g/mol. The standard InChI is InChI=1S/C25H20ClF3N6O2/c26-18-7-4-10-30-22(18)35-13-11-34(12-14-35)19-9-8-17(15-31-19)32-23(36)20-21(25(27,28)29)33-24(37-20)16-5-2-1-3-6-16/h1-10,15H,11-14H2,(H,32,36). The number of benzene rings is 1. The number of alkyl halides is 3. The van der Waals surface area contributed by atoms with E-state index in [1.165, 1.54) is 6.20 Å². The van der Waals surface area contributed by atoms with Crippen LogP contribution in [-0.4, -0.2) is 47.0 Å². The summed E-state index contributed by atoms with van der Waals surface area (Å²) in [5.41, 5.74) is -0.846. The van der Waals surface area contributed by atoms with Crippen LogP contribution in [0.3, 0.4) is 0 Å². The average Bonchev–Trinajstić information content (AvgIpc) is 3.37. The minimum absolute atomic E-state index is 0.221. The number of carbonyl (C=O) groups excluding carboxylic acids is 1. The van der Waals surface area contributed by atoms with Crippen LogP contribution in [0.5, 0.6) is 0 Å². The Hall–Kier alpha value is -4.12. The van der Waals surface area contributed by atoms with Crippen LogP contribution in [0.15, 0.2) is 71.4 Å². The summed E-state index contributed by atoms with van der Waals surface area (Å²) in [6.07, 6.45) is -1.79. The highest BCUT2D eigenvalue weighted by molar-refractivity contribution is 6.32. The molecule has 5 rings (SSSR count). The molecule has 4 aromatic rings. The van der Waals surface area contributed by atoms with Crippen LogP contribution in [0, 0.1) is 0 Å². The van der Waals surface area contributed by atoms with E-state index in [1.807, 2.05) is 0 Å². The first kappa shape index (κ1) is 24.6. The van der Waals surface area contributed by atoms with E-state index in [2.05, 4.69) is 30.1 Å². The number of aromatic nitrogens is 3. The molecular formula is C25H20ClF3N6O2. The van der Waals surface area contributed by atoms with Crippen molar-refractivity contribution in [2.75, 3.05) is 41.3 Å². The van der Waals surface area contributed by atoms with Gasteiger partial charge < -0.3 is 19.5 Å². The van der Waals surface area contributed by atoms with Crippen LogP contribution in [-0.2, 0) is 6.18 Å². The predicted molar refractivity (Wildman–Crippen MR) is 133 cm³/mol. The highest BCUT2D eigenvalue weighted by Crippen LogP contribution is 2.35. The van der Waals surface area contributed by atoms with Gasteiger partial charge in [0.2, 0.25) is 11.7 Å². The lowest BCUT2D eigenvalue weighted by atomic mass is 10.2. The molecule has 0 spiro atoms. The van der Waals surface area contributed by atoms with E-state index in [0.29, 0.717) is 42.6 Å². The normalized spacial score (nSPS) is 14.1. The highest BCUT2D eigenvalue weighted by atomic mass is 35.5. The molecule has 0 atom stereocenters. The van der Waals surface area contributed by atoms with Gasteiger partial charge in [0.05, 0.1) is 16.9 Å². The molecule has 0 bridgehead atoms. The summed E-state index contributed by atoms with van der Waals surface area (Å²) in [6.45, 7) is 2.71. The first-order chi connectivity index (χ1) is 17.8. The van der Waals surface area contributed by atoms with E-state index in [0.717, 1.165) is 5.82 Å². The molecular weight excluding hydrogens is 509 g/mol. The van der Waals surface area contributed by atoms with Gasteiger partial charge in [0.1, 0.15) is 11.6 Å². The van der Waals surface area contributed by atoms with Gasteiger partial charge in [-0.25, -0.2) is 15.0 Å². The van der Waals surface area contributed by atoms with Gasteiger partial charge in [0.15, 0.2) is 5.69 Å². The smallest absolute Gasteiger partial charge is 0.430 e. The molecule has 1 amide bonds. The number of amides is 1. The number of piperazine rings is 1. The fraction of sp³-hybridized carbons (Fsp3) is 0.200. The van der Waals surface area contributed by atoms with E-state index >= 15 is 0 Å². The van der Waals surface area contributed by atoms with E-state index in [4.69, 9.17) is 16.0 Å². The largest absolute Gasteiger partial charge is 0.437 e. The molecule has 3 aromatic heterocycles. The van der Waals surface area contributed by atoms with Crippen molar-refractivity contribution < 1.29 is 22.4 Å². The van der Waals surface area contributed by atoms with Crippen molar-refractivity contribution >= 4 is 34.8 Å². The molecule has 190 valence electrons. The van der Waals surface area contributed by atoms with E-state index in [-0.39, 0.29) is 11.6 Å². The van der Waals surface area contributed by atoms with Crippen molar-refractivity contribution in [3.63, 3.8) is 0 Å².